The van der Waals surface area contributed by atoms with Crippen LogP contribution in [0.5, 0.6) is 0 Å². The van der Waals surface area contributed by atoms with Crippen LogP contribution >= 0.6 is 0 Å². The van der Waals surface area contributed by atoms with Gasteiger partial charge in [-0.05, 0) is 37.1 Å². The summed E-state index contributed by atoms with van der Waals surface area (Å²) in [5.41, 5.74) is 3.86. The van der Waals surface area contributed by atoms with Crippen LogP contribution in [0.15, 0.2) is 73.6 Å². The molecule has 33 heavy (non-hydrogen) atoms. The lowest BCUT2D eigenvalue weighted by Gasteiger charge is -2.29. The fraction of sp³-hybridized carbons (Fsp3) is 0.259. The van der Waals surface area contributed by atoms with Gasteiger partial charge in [-0.3, -0.25) is 9.59 Å². The number of piperazine rings is 1. The maximum Gasteiger partial charge on any atom is 0.243 e. The fourth-order valence-electron chi connectivity index (χ4n) is 4.69. The maximum atomic E-state index is 13.0. The molecule has 1 fully saturated rings. The number of amides is 2. The molecule has 2 aromatic heterocycles. The second kappa shape index (κ2) is 7.96. The van der Waals surface area contributed by atoms with E-state index < -0.39 is 12.1 Å². The molecule has 0 aliphatic carbocycles. The maximum absolute atomic E-state index is 13.0. The number of hydrogen-bond acceptors (Lipinski definition) is 2. The van der Waals surface area contributed by atoms with Crippen LogP contribution in [-0.2, 0) is 28.0 Å². The molecule has 1 aliphatic heterocycles. The van der Waals surface area contributed by atoms with E-state index >= 15 is 0 Å². The lowest BCUT2D eigenvalue weighted by molar-refractivity contribution is -0.136. The first-order chi connectivity index (χ1) is 15.9. The van der Waals surface area contributed by atoms with Gasteiger partial charge >= 0.3 is 0 Å². The number of rotatable bonds is 6. The Morgan fingerprint density at radius 3 is 2.21 bits per heavy atom. The van der Waals surface area contributed by atoms with Crippen molar-refractivity contribution in [3.8, 4) is 0 Å². The van der Waals surface area contributed by atoms with Crippen LogP contribution in [-0.4, -0.2) is 33.4 Å². The van der Waals surface area contributed by atoms with Gasteiger partial charge in [0.15, 0.2) is 0 Å². The number of carbonyl (C=O) groups excluding carboxylic acids is 2. The molecule has 3 heterocycles. The zero-order valence-corrected chi connectivity index (χ0v) is 18.9. The molecule has 3 N–H and O–H groups in total. The van der Waals surface area contributed by atoms with E-state index in [9.17, 15) is 9.59 Å². The van der Waals surface area contributed by atoms with Gasteiger partial charge in [-0.15, -0.1) is 6.58 Å². The summed E-state index contributed by atoms with van der Waals surface area (Å²) in [4.78, 5) is 29.1. The Morgan fingerprint density at radius 2 is 1.52 bits per heavy atom. The van der Waals surface area contributed by atoms with Crippen LogP contribution in [0, 0.1) is 0 Å². The molecule has 0 radical (unpaired) electrons. The zero-order valence-electron chi connectivity index (χ0n) is 18.9. The first-order valence-electron chi connectivity index (χ1n) is 11.3. The van der Waals surface area contributed by atoms with Gasteiger partial charge in [0, 0.05) is 47.0 Å². The highest BCUT2D eigenvalue weighted by molar-refractivity contribution is 5.98. The molecular weight excluding hydrogens is 412 g/mol. The summed E-state index contributed by atoms with van der Waals surface area (Å²) in [7, 11) is 0. The van der Waals surface area contributed by atoms with Gasteiger partial charge in [-0.25, -0.2) is 0 Å². The lowest BCUT2D eigenvalue weighted by Crippen LogP contribution is -2.62. The lowest BCUT2D eigenvalue weighted by atomic mass is 9.98. The highest BCUT2D eigenvalue weighted by atomic mass is 16.2. The van der Waals surface area contributed by atoms with Gasteiger partial charge < -0.3 is 20.2 Å². The highest BCUT2D eigenvalue weighted by Crippen LogP contribution is 2.29. The second-order valence-corrected chi connectivity index (χ2v) is 9.29. The van der Waals surface area contributed by atoms with Gasteiger partial charge in [0.05, 0.1) is 5.54 Å². The Labute approximate surface area is 192 Å². The van der Waals surface area contributed by atoms with Gasteiger partial charge in [0.1, 0.15) is 12.1 Å². The zero-order chi connectivity index (χ0) is 23.2. The van der Waals surface area contributed by atoms with Gasteiger partial charge in [0.25, 0.3) is 0 Å². The largest absolute Gasteiger partial charge is 0.361 e. The Hall–Kier alpha value is -3.80. The Balaban J connectivity index is 1.36. The molecule has 1 aliphatic rings. The molecule has 1 saturated heterocycles. The number of benzene rings is 2. The van der Waals surface area contributed by atoms with E-state index in [1.54, 1.807) is 0 Å². The molecule has 2 amide bonds. The number of hydrogen-bond donors (Lipinski definition) is 3. The summed E-state index contributed by atoms with van der Waals surface area (Å²) < 4.78 is 2.17. The molecule has 6 heteroatoms. The van der Waals surface area contributed by atoms with E-state index in [4.69, 9.17) is 0 Å². The van der Waals surface area contributed by atoms with Crippen molar-refractivity contribution in [1.29, 1.82) is 0 Å². The predicted octanol–water partition coefficient (Wildman–Crippen LogP) is 3.81. The molecule has 0 saturated carbocycles. The van der Waals surface area contributed by atoms with Crippen molar-refractivity contribution >= 4 is 33.6 Å². The average molecular weight is 441 g/mol. The molecule has 0 bridgehead atoms. The normalized spacial score (nSPS) is 19.0. The van der Waals surface area contributed by atoms with Crippen molar-refractivity contribution in [3.63, 3.8) is 0 Å². The monoisotopic (exact) mass is 440 g/mol. The number of aromatic amines is 1. The number of fused-ring (bicyclic) bond motifs is 2. The predicted molar refractivity (Wildman–Crippen MR) is 131 cm³/mol. The van der Waals surface area contributed by atoms with E-state index in [0.29, 0.717) is 12.8 Å². The number of H-pyrrole nitrogens is 1. The number of nitrogens with zero attached hydrogens (tertiary/aromatic N) is 1. The topological polar surface area (TPSA) is 78.9 Å². The third-order valence-corrected chi connectivity index (χ3v) is 6.70. The van der Waals surface area contributed by atoms with Crippen LogP contribution < -0.4 is 10.6 Å². The number of aromatic nitrogens is 2. The summed E-state index contributed by atoms with van der Waals surface area (Å²) in [6.07, 6.45) is 6.77. The van der Waals surface area contributed by atoms with E-state index in [2.05, 4.69) is 58.9 Å². The Bertz CT molecular complexity index is 1380. The molecule has 2 atom stereocenters. The van der Waals surface area contributed by atoms with E-state index in [1.807, 2.05) is 48.7 Å². The van der Waals surface area contributed by atoms with Crippen molar-refractivity contribution in [2.45, 2.75) is 44.3 Å². The van der Waals surface area contributed by atoms with Crippen molar-refractivity contribution in [2.75, 3.05) is 0 Å². The third kappa shape index (κ3) is 3.71. The van der Waals surface area contributed by atoms with E-state index in [1.165, 1.54) is 0 Å². The van der Waals surface area contributed by atoms with Gasteiger partial charge in [0.2, 0.25) is 11.8 Å². The van der Waals surface area contributed by atoms with Crippen LogP contribution in [0.25, 0.3) is 21.8 Å². The summed E-state index contributed by atoms with van der Waals surface area (Å²) in [5, 5.41) is 8.06. The smallest absolute Gasteiger partial charge is 0.243 e. The van der Waals surface area contributed by atoms with E-state index in [-0.39, 0.29) is 17.4 Å². The molecule has 2 aromatic carbocycles. The molecule has 5 rings (SSSR count). The van der Waals surface area contributed by atoms with E-state index in [0.717, 1.165) is 32.9 Å². The number of nitrogens with one attached hydrogen (secondary N) is 3. The molecular formula is C27H28N4O2. The second-order valence-electron chi connectivity index (χ2n) is 9.29. The number of allylic oxidation sites excluding steroid dienone is 1. The van der Waals surface area contributed by atoms with Crippen molar-refractivity contribution in [3.05, 3.63) is 84.7 Å². The summed E-state index contributed by atoms with van der Waals surface area (Å²) in [5.74, 6) is -0.306. The first kappa shape index (κ1) is 21.1. The SMILES string of the molecule is C=CC(C)(C)n1cc(CC2NC(=O)C(Cc3c[nH]c4ccccc34)NC2=O)c2ccccc21. The molecule has 168 valence electrons. The van der Waals surface area contributed by atoms with Gasteiger partial charge in [-0.1, -0.05) is 42.5 Å². The fourth-order valence-corrected chi connectivity index (χ4v) is 4.69. The van der Waals surface area contributed by atoms with Crippen molar-refractivity contribution < 1.29 is 9.59 Å². The van der Waals surface area contributed by atoms with Crippen LogP contribution in [0.2, 0.25) is 0 Å². The molecule has 2 unspecified atom stereocenters. The minimum Gasteiger partial charge on any atom is -0.361 e. The molecule has 6 nitrogen and oxygen atoms in total. The van der Waals surface area contributed by atoms with Crippen LogP contribution in [0.3, 0.4) is 0 Å². The average Bonchev–Trinajstić information content (AvgIpc) is 3.39. The minimum atomic E-state index is -0.609. The minimum absolute atomic E-state index is 0.153. The summed E-state index contributed by atoms with van der Waals surface area (Å²) in [6.45, 7) is 8.17. The summed E-state index contributed by atoms with van der Waals surface area (Å²) in [6, 6.07) is 14.9. The van der Waals surface area contributed by atoms with Crippen LogP contribution in [0.1, 0.15) is 25.0 Å². The molecule has 0 spiro atoms. The standard InChI is InChI=1S/C27H28N4O2/c1-4-27(2,3)31-16-18(20-10-6-8-12-24(20)31)14-23-26(33)29-22(25(32)30-23)13-17-15-28-21-11-7-5-9-19(17)21/h4-12,15-16,22-23,28H,1,13-14H2,2-3H3,(H,29,33)(H,30,32). The summed E-state index contributed by atoms with van der Waals surface area (Å²) >= 11 is 0. The van der Waals surface area contributed by atoms with Crippen molar-refractivity contribution in [1.82, 2.24) is 20.2 Å². The van der Waals surface area contributed by atoms with Gasteiger partial charge in [-0.2, -0.15) is 0 Å². The third-order valence-electron chi connectivity index (χ3n) is 6.70. The first-order valence-corrected chi connectivity index (χ1v) is 11.3. The van der Waals surface area contributed by atoms with Crippen LogP contribution in [0.4, 0.5) is 0 Å². The Morgan fingerprint density at radius 1 is 0.909 bits per heavy atom. The Kier molecular flexibility index (Phi) is 5.08. The number of para-hydroxylation sites is 2. The van der Waals surface area contributed by atoms with Crippen molar-refractivity contribution in [2.24, 2.45) is 0 Å². The molecule has 4 aromatic rings. The number of carbonyl (C=O) groups is 2. The highest BCUT2D eigenvalue weighted by Gasteiger charge is 2.34. The quantitative estimate of drug-likeness (QED) is 0.399.